The lowest BCUT2D eigenvalue weighted by atomic mass is 9.93. The Morgan fingerprint density at radius 3 is 2.53 bits per heavy atom. The van der Waals surface area contributed by atoms with Crippen molar-refractivity contribution in [2.75, 3.05) is 14.2 Å². The minimum atomic E-state index is -0.443. The van der Waals surface area contributed by atoms with Crippen LogP contribution in [0.3, 0.4) is 0 Å². The summed E-state index contributed by atoms with van der Waals surface area (Å²) in [4.78, 5) is 20.1. The number of ether oxygens (including phenoxy) is 2. The molecule has 0 bridgehead atoms. The van der Waals surface area contributed by atoms with Gasteiger partial charge in [-0.1, -0.05) is 52.4 Å². The zero-order chi connectivity index (χ0) is 21.6. The molecule has 3 aliphatic heterocycles. The van der Waals surface area contributed by atoms with E-state index in [1.54, 1.807) is 7.11 Å². The minimum Gasteiger partial charge on any atom is -0.466 e. The molecule has 6 heteroatoms. The molecule has 3 heterocycles. The SMILES string of the molecule is CCCCCCC[C@@]1(OC)C[C@H]2CC[C@H]3C(C(=O)OC)=C(CCCCC)NC(=N1)N23. The molecule has 0 radical (unpaired) electrons. The quantitative estimate of drug-likeness (QED) is 0.360. The Morgan fingerprint density at radius 1 is 1.10 bits per heavy atom. The van der Waals surface area contributed by atoms with Crippen LogP contribution in [0.1, 0.15) is 97.3 Å². The second-order valence-electron chi connectivity index (χ2n) is 9.07. The van der Waals surface area contributed by atoms with Gasteiger partial charge in [0.15, 0.2) is 5.72 Å². The van der Waals surface area contributed by atoms with Crippen LogP contribution in [0.2, 0.25) is 0 Å². The summed E-state index contributed by atoms with van der Waals surface area (Å²) < 4.78 is 11.2. The summed E-state index contributed by atoms with van der Waals surface area (Å²) in [6, 6.07) is 0.445. The third-order valence-corrected chi connectivity index (χ3v) is 7.02. The molecule has 1 N–H and O–H groups in total. The summed E-state index contributed by atoms with van der Waals surface area (Å²) in [6.07, 6.45) is 14.4. The van der Waals surface area contributed by atoms with E-state index in [1.165, 1.54) is 32.8 Å². The standard InChI is InChI=1S/C24H41N3O3/c1-5-7-9-10-12-16-24(30-4)17-18-14-15-20-21(22(28)29-3)19(13-11-8-6-2)25-23(26-24)27(18)20/h18,20H,5-17H2,1-4H3,(H,25,26)/t18-,20+,24-/m1/s1. The number of unbranched alkanes of at least 4 members (excludes halogenated alkanes) is 6. The van der Waals surface area contributed by atoms with Gasteiger partial charge in [-0.2, -0.15) is 0 Å². The van der Waals surface area contributed by atoms with Gasteiger partial charge in [-0.05, 0) is 38.5 Å². The smallest absolute Gasteiger partial charge is 0.337 e. The summed E-state index contributed by atoms with van der Waals surface area (Å²) >= 11 is 0. The summed E-state index contributed by atoms with van der Waals surface area (Å²) in [7, 11) is 3.29. The van der Waals surface area contributed by atoms with Crippen LogP contribution in [0, 0.1) is 0 Å². The number of hydrogen-bond acceptors (Lipinski definition) is 6. The summed E-state index contributed by atoms with van der Waals surface area (Å²) in [5, 5.41) is 3.55. The first kappa shape index (κ1) is 23.1. The molecule has 30 heavy (non-hydrogen) atoms. The second-order valence-corrected chi connectivity index (χ2v) is 9.07. The van der Waals surface area contributed by atoms with E-state index in [1.807, 2.05) is 0 Å². The van der Waals surface area contributed by atoms with Crippen LogP contribution in [-0.2, 0) is 14.3 Å². The van der Waals surface area contributed by atoms with Crippen molar-refractivity contribution in [3.8, 4) is 0 Å². The van der Waals surface area contributed by atoms with Crippen molar-refractivity contribution in [2.45, 2.75) is 115 Å². The Balaban J connectivity index is 1.83. The van der Waals surface area contributed by atoms with Gasteiger partial charge in [-0.15, -0.1) is 0 Å². The number of guanidine groups is 1. The van der Waals surface area contributed by atoms with Gasteiger partial charge >= 0.3 is 5.97 Å². The third-order valence-electron chi connectivity index (χ3n) is 7.02. The van der Waals surface area contributed by atoms with Crippen LogP contribution in [-0.4, -0.2) is 48.9 Å². The predicted octanol–water partition coefficient (Wildman–Crippen LogP) is 4.89. The highest BCUT2D eigenvalue weighted by atomic mass is 16.5. The average Bonchev–Trinajstić information content (AvgIpc) is 3.17. The molecule has 3 rings (SSSR count). The number of allylic oxidation sites excluding steroid dienone is 1. The third kappa shape index (κ3) is 4.84. The van der Waals surface area contributed by atoms with E-state index in [9.17, 15) is 4.79 Å². The maximum Gasteiger partial charge on any atom is 0.337 e. The largest absolute Gasteiger partial charge is 0.466 e. The zero-order valence-electron chi connectivity index (χ0n) is 19.5. The fourth-order valence-corrected chi connectivity index (χ4v) is 5.36. The molecule has 0 saturated carbocycles. The van der Waals surface area contributed by atoms with E-state index >= 15 is 0 Å². The van der Waals surface area contributed by atoms with Crippen molar-refractivity contribution in [1.29, 1.82) is 0 Å². The van der Waals surface area contributed by atoms with Gasteiger partial charge < -0.3 is 19.7 Å². The highest BCUT2D eigenvalue weighted by molar-refractivity contribution is 5.96. The second kappa shape index (κ2) is 10.7. The number of carbonyl (C=O) groups excluding carboxylic acids is 1. The van der Waals surface area contributed by atoms with Gasteiger partial charge in [0.25, 0.3) is 0 Å². The van der Waals surface area contributed by atoms with Gasteiger partial charge in [0, 0.05) is 25.3 Å². The predicted molar refractivity (Wildman–Crippen MR) is 120 cm³/mol. The van der Waals surface area contributed by atoms with Crippen LogP contribution < -0.4 is 5.32 Å². The molecule has 0 aromatic heterocycles. The van der Waals surface area contributed by atoms with Gasteiger partial charge in [0.1, 0.15) is 0 Å². The van der Waals surface area contributed by atoms with Crippen LogP contribution in [0.5, 0.6) is 0 Å². The van der Waals surface area contributed by atoms with Crippen molar-refractivity contribution in [3.63, 3.8) is 0 Å². The van der Waals surface area contributed by atoms with Gasteiger partial charge in [0.05, 0.1) is 18.7 Å². The number of hydrogen-bond donors (Lipinski definition) is 1. The number of esters is 1. The molecule has 0 unspecified atom stereocenters. The molecule has 3 atom stereocenters. The molecule has 0 aromatic carbocycles. The van der Waals surface area contributed by atoms with Crippen LogP contribution >= 0.6 is 0 Å². The van der Waals surface area contributed by atoms with Crippen molar-refractivity contribution in [3.05, 3.63) is 11.3 Å². The highest BCUT2D eigenvalue weighted by Crippen LogP contribution is 2.43. The normalized spacial score (nSPS) is 27.6. The molecule has 0 aliphatic carbocycles. The number of methoxy groups -OCH3 is 2. The van der Waals surface area contributed by atoms with Crippen LogP contribution in [0.25, 0.3) is 0 Å². The van der Waals surface area contributed by atoms with E-state index in [0.717, 1.165) is 75.0 Å². The van der Waals surface area contributed by atoms with Gasteiger partial charge in [0.2, 0.25) is 5.96 Å². The first-order valence-electron chi connectivity index (χ1n) is 12.1. The number of aliphatic imine (C=N–C) groups is 1. The number of nitrogens with one attached hydrogen (secondary N) is 1. The average molecular weight is 420 g/mol. The van der Waals surface area contributed by atoms with E-state index in [0.29, 0.717) is 6.04 Å². The van der Waals surface area contributed by atoms with Crippen LogP contribution in [0.15, 0.2) is 16.3 Å². The molecule has 170 valence electrons. The molecule has 1 saturated heterocycles. The Labute approximate surface area is 182 Å². The lowest BCUT2D eigenvalue weighted by molar-refractivity contribution is -0.137. The molecule has 3 aliphatic rings. The van der Waals surface area contributed by atoms with Crippen molar-refractivity contribution >= 4 is 11.9 Å². The molecule has 0 amide bonds. The highest BCUT2D eigenvalue weighted by Gasteiger charge is 2.50. The number of rotatable bonds is 12. The molecular formula is C24H41N3O3. The topological polar surface area (TPSA) is 63.2 Å². The number of carbonyl (C=O) groups is 1. The summed E-state index contributed by atoms with van der Waals surface area (Å²) in [5.41, 5.74) is 1.38. The minimum absolute atomic E-state index is 0.0819. The summed E-state index contributed by atoms with van der Waals surface area (Å²) in [5.74, 6) is 0.710. The lowest BCUT2D eigenvalue weighted by Gasteiger charge is -2.46. The van der Waals surface area contributed by atoms with E-state index in [2.05, 4.69) is 24.1 Å². The number of nitrogens with zero attached hydrogens (tertiary/aromatic N) is 2. The van der Waals surface area contributed by atoms with Gasteiger partial charge in [-0.25, -0.2) is 9.79 Å². The van der Waals surface area contributed by atoms with Crippen molar-refractivity contribution in [2.24, 2.45) is 4.99 Å². The molecule has 6 nitrogen and oxygen atoms in total. The monoisotopic (exact) mass is 419 g/mol. The van der Waals surface area contributed by atoms with E-state index in [4.69, 9.17) is 14.5 Å². The molecule has 0 aromatic rings. The van der Waals surface area contributed by atoms with E-state index in [-0.39, 0.29) is 12.0 Å². The maximum absolute atomic E-state index is 12.7. The van der Waals surface area contributed by atoms with Crippen LogP contribution in [0.4, 0.5) is 0 Å². The zero-order valence-corrected chi connectivity index (χ0v) is 19.5. The molecule has 1 fully saturated rings. The Hall–Kier alpha value is -1.56. The fraction of sp³-hybridized carbons (Fsp3) is 0.833. The van der Waals surface area contributed by atoms with Gasteiger partial charge in [-0.3, -0.25) is 0 Å². The molecule has 0 spiro atoms. The fourth-order valence-electron chi connectivity index (χ4n) is 5.36. The van der Waals surface area contributed by atoms with E-state index < -0.39 is 5.72 Å². The first-order valence-corrected chi connectivity index (χ1v) is 12.1. The molecular weight excluding hydrogens is 378 g/mol. The maximum atomic E-state index is 12.7. The Morgan fingerprint density at radius 2 is 1.83 bits per heavy atom. The van der Waals surface area contributed by atoms with Crippen molar-refractivity contribution in [1.82, 2.24) is 10.2 Å². The Kier molecular flexibility index (Phi) is 8.20. The lowest BCUT2D eigenvalue weighted by Crippen LogP contribution is -2.59. The Bertz CT molecular complexity index is 660. The summed E-state index contributed by atoms with van der Waals surface area (Å²) in [6.45, 7) is 4.45. The van der Waals surface area contributed by atoms with Crippen molar-refractivity contribution < 1.29 is 14.3 Å². The first-order chi connectivity index (χ1) is 14.6.